The highest BCUT2D eigenvalue weighted by atomic mass is 32.2. The predicted molar refractivity (Wildman–Crippen MR) is 144 cm³/mol. The largest absolute Gasteiger partial charge is 0.331 e. The normalized spacial score (nSPS) is 17.1. The fourth-order valence-electron chi connectivity index (χ4n) is 4.79. The number of hydrogen-bond donors (Lipinski definition) is 1. The molecular weight excluding hydrogens is 460 g/mol. The summed E-state index contributed by atoms with van der Waals surface area (Å²) in [4.78, 5) is 14.9. The molecule has 0 spiro atoms. The third-order valence-electron chi connectivity index (χ3n) is 6.51. The third kappa shape index (κ3) is 6.11. The quantitative estimate of drug-likeness (QED) is 0.387. The smallest absolute Gasteiger partial charge is 0.294 e. The van der Waals surface area contributed by atoms with Crippen molar-refractivity contribution in [2.75, 3.05) is 9.80 Å². The molecule has 4 rings (SSSR count). The highest BCUT2D eigenvalue weighted by Crippen LogP contribution is 2.41. The molecule has 35 heavy (non-hydrogen) atoms. The summed E-state index contributed by atoms with van der Waals surface area (Å²) in [5.41, 5.74) is 2.93. The van der Waals surface area contributed by atoms with Crippen molar-refractivity contribution in [2.24, 2.45) is 0 Å². The van der Waals surface area contributed by atoms with E-state index in [9.17, 15) is 8.42 Å². The second kappa shape index (κ2) is 11.4. The Morgan fingerprint density at radius 3 is 1.66 bits per heavy atom. The molecule has 0 fully saturated rings. The molecule has 2 unspecified atom stereocenters. The van der Waals surface area contributed by atoms with Crippen LogP contribution in [-0.2, 0) is 10.1 Å². The number of fused-ring (bicyclic) bond motifs is 2. The zero-order valence-corrected chi connectivity index (χ0v) is 22.5. The minimum atomic E-state index is -4.02. The van der Waals surface area contributed by atoms with E-state index in [2.05, 4.69) is 56.6 Å². The molecule has 2 heterocycles. The Kier molecular flexibility index (Phi) is 8.72. The van der Waals surface area contributed by atoms with Gasteiger partial charge >= 0.3 is 0 Å². The van der Waals surface area contributed by atoms with Crippen molar-refractivity contribution < 1.29 is 13.0 Å². The SMILES string of the molecule is CCCC(C)N1c2nc3ccccc3nc2N(C(C)CCC)C1C.Cc1ccc(S(=O)(=O)O)cc1. The Labute approximate surface area is 210 Å². The molecule has 0 radical (unpaired) electrons. The summed E-state index contributed by atoms with van der Waals surface area (Å²) in [5, 5.41) is 0. The van der Waals surface area contributed by atoms with Crippen molar-refractivity contribution >= 4 is 32.8 Å². The number of para-hydroxylation sites is 2. The maximum Gasteiger partial charge on any atom is 0.294 e. The first-order valence-corrected chi connectivity index (χ1v) is 13.9. The van der Waals surface area contributed by atoms with Crippen LogP contribution in [0.25, 0.3) is 11.0 Å². The molecule has 8 heteroatoms. The predicted octanol–water partition coefficient (Wildman–Crippen LogP) is 6.22. The maximum absolute atomic E-state index is 10.5. The number of anilines is 2. The molecule has 2 atom stereocenters. The van der Waals surface area contributed by atoms with Gasteiger partial charge in [0.25, 0.3) is 10.1 Å². The van der Waals surface area contributed by atoms with E-state index in [0.717, 1.165) is 28.2 Å². The van der Waals surface area contributed by atoms with Crippen molar-refractivity contribution in [2.45, 2.75) is 90.4 Å². The second-order valence-electron chi connectivity index (χ2n) is 9.37. The summed E-state index contributed by atoms with van der Waals surface area (Å²) >= 11 is 0. The molecule has 2 aromatic carbocycles. The Morgan fingerprint density at radius 1 is 0.857 bits per heavy atom. The van der Waals surface area contributed by atoms with E-state index in [1.165, 1.54) is 37.8 Å². The summed E-state index contributed by atoms with van der Waals surface area (Å²) in [5.74, 6) is 2.12. The van der Waals surface area contributed by atoms with E-state index in [-0.39, 0.29) is 4.90 Å². The summed E-state index contributed by atoms with van der Waals surface area (Å²) in [6.45, 7) is 13.3. The lowest BCUT2D eigenvalue weighted by Crippen LogP contribution is -2.48. The van der Waals surface area contributed by atoms with E-state index < -0.39 is 10.1 Å². The Bertz CT molecular complexity index is 1170. The van der Waals surface area contributed by atoms with E-state index in [1.807, 2.05) is 19.1 Å². The first-order chi connectivity index (χ1) is 16.6. The summed E-state index contributed by atoms with van der Waals surface area (Å²) in [6, 6.07) is 15.1. The van der Waals surface area contributed by atoms with Gasteiger partial charge in [0.1, 0.15) is 6.17 Å². The van der Waals surface area contributed by atoms with Gasteiger partial charge in [0, 0.05) is 12.1 Å². The molecular formula is C27H38N4O3S. The highest BCUT2D eigenvalue weighted by molar-refractivity contribution is 7.85. The molecule has 0 bridgehead atoms. The third-order valence-corrected chi connectivity index (χ3v) is 7.38. The van der Waals surface area contributed by atoms with E-state index in [1.54, 1.807) is 12.1 Å². The summed E-state index contributed by atoms with van der Waals surface area (Å²) < 4.78 is 29.6. The second-order valence-corrected chi connectivity index (χ2v) is 10.8. The van der Waals surface area contributed by atoms with Crippen molar-refractivity contribution in [3.8, 4) is 0 Å². The molecule has 0 saturated heterocycles. The lowest BCUT2D eigenvalue weighted by molar-refractivity contribution is 0.475. The Balaban J connectivity index is 0.000000261. The van der Waals surface area contributed by atoms with Crippen LogP contribution in [0.1, 0.15) is 65.9 Å². The van der Waals surface area contributed by atoms with Crippen LogP contribution in [0, 0.1) is 6.92 Å². The van der Waals surface area contributed by atoms with Gasteiger partial charge in [-0.05, 0) is 64.8 Å². The molecule has 0 saturated carbocycles. The lowest BCUT2D eigenvalue weighted by atomic mass is 10.1. The van der Waals surface area contributed by atoms with Gasteiger partial charge in [-0.1, -0.05) is 56.5 Å². The molecule has 0 aliphatic carbocycles. The first-order valence-electron chi connectivity index (χ1n) is 12.5. The monoisotopic (exact) mass is 498 g/mol. The van der Waals surface area contributed by atoms with Gasteiger partial charge in [0.05, 0.1) is 15.9 Å². The van der Waals surface area contributed by atoms with Crippen LogP contribution in [0.3, 0.4) is 0 Å². The average Bonchev–Trinajstić information content (AvgIpc) is 3.08. The molecule has 3 aromatic rings. The van der Waals surface area contributed by atoms with Crippen molar-refractivity contribution in [1.29, 1.82) is 0 Å². The van der Waals surface area contributed by atoms with E-state index >= 15 is 0 Å². The van der Waals surface area contributed by atoms with E-state index in [0.29, 0.717) is 18.2 Å². The first kappa shape index (κ1) is 26.9. The van der Waals surface area contributed by atoms with Crippen molar-refractivity contribution in [3.05, 3.63) is 54.1 Å². The standard InChI is InChI=1S/C20H30N4.C7H8O3S/c1-6-10-14(3)23-16(5)24(15(4)11-7-2)20-19(23)21-17-12-8-9-13-18(17)22-20;1-6-2-4-7(5-3-6)11(8,9)10/h8-9,12-16H,6-7,10-11H2,1-5H3;2-5H,1H3,(H,8,9,10). The van der Waals surface area contributed by atoms with Crippen molar-refractivity contribution in [3.63, 3.8) is 0 Å². The fourth-order valence-corrected chi connectivity index (χ4v) is 5.27. The van der Waals surface area contributed by atoms with Gasteiger partial charge in [-0.25, -0.2) is 9.97 Å². The fraction of sp³-hybridized carbons (Fsp3) is 0.481. The number of nitrogens with zero attached hydrogens (tertiary/aromatic N) is 4. The molecule has 190 valence electrons. The zero-order valence-electron chi connectivity index (χ0n) is 21.6. The van der Waals surface area contributed by atoms with Crippen molar-refractivity contribution in [1.82, 2.24) is 9.97 Å². The van der Waals surface area contributed by atoms with Crippen LogP contribution in [-0.4, -0.2) is 41.2 Å². The van der Waals surface area contributed by atoms with Gasteiger partial charge in [-0.3, -0.25) is 4.55 Å². The number of benzene rings is 2. The minimum absolute atomic E-state index is 0.0666. The molecule has 1 N–H and O–H groups in total. The van der Waals surface area contributed by atoms with E-state index in [4.69, 9.17) is 14.5 Å². The number of rotatable bonds is 7. The Morgan fingerprint density at radius 2 is 1.29 bits per heavy atom. The minimum Gasteiger partial charge on any atom is -0.331 e. The summed E-state index contributed by atoms with van der Waals surface area (Å²) in [7, 11) is -4.02. The van der Waals surface area contributed by atoms with Crippen LogP contribution in [0.15, 0.2) is 53.4 Å². The van der Waals surface area contributed by atoms with Crippen LogP contribution in [0.2, 0.25) is 0 Å². The zero-order chi connectivity index (χ0) is 25.8. The van der Waals surface area contributed by atoms with Gasteiger partial charge in [0.2, 0.25) is 0 Å². The number of hydrogen-bond acceptors (Lipinski definition) is 6. The molecule has 0 amide bonds. The van der Waals surface area contributed by atoms with Crippen LogP contribution >= 0.6 is 0 Å². The molecule has 7 nitrogen and oxygen atoms in total. The van der Waals surface area contributed by atoms with Crippen LogP contribution < -0.4 is 9.80 Å². The molecule has 1 aliphatic rings. The molecule has 1 aliphatic heterocycles. The summed E-state index contributed by atoms with van der Waals surface area (Å²) in [6.07, 6.45) is 5.03. The average molecular weight is 499 g/mol. The van der Waals surface area contributed by atoms with Gasteiger partial charge in [-0.15, -0.1) is 0 Å². The number of aromatic nitrogens is 2. The van der Waals surface area contributed by atoms with Crippen LogP contribution in [0.5, 0.6) is 0 Å². The number of aryl methyl sites for hydroxylation is 1. The maximum atomic E-state index is 10.5. The van der Waals surface area contributed by atoms with Crippen LogP contribution in [0.4, 0.5) is 11.6 Å². The highest BCUT2D eigenvalue weighted by Gasteiger charge is 2.40. The Hall–Kier alpha value is -2.71. The topological polar surface area (TPSA) is 86.6 Å². The molecule has 1 aromatic heterocycles. The van der Waals surface area contributed by atoms with Gasteiger partial charge in [-0.2, -0.15) is 8.42 Å². The lowest BCUT2D eigenvalue weighted by Gasteiger charge is -2.36. The van der Waals surface area contributed by atoms with Gasteiger partial charge < -0.3 is 9.80 Å². The van der Waals surface area contributed by atoms with Gasteiger partial charge in [0.15, 0.2) is 11.6 Å².